The molecule has 0 saturated heterocycles. The third-order valence-electron chi connectivity index (χ3n) is 3.37. The van der Waals surface area contributed by atoms with Crippen LogP contribution in [-0.2, 0) is 21.1 Å². The van der Waals surface area contributed by atoms with Crippen molar-refractivity contribution in [3.63, 3.8) is 0 Å². The van der Waals surface area contributed by atoms with E-state index in [2.05, 4.69) is 20.4 Å². The van der Waals surface area contributed by atoms with Gasteiger partial charge in [0.05, 0.1) is 25.6 Å². The van der Waals surface area contributed by atoms with Gasteiger partial charge in [0.2, 0.25) is 0 Å². The van der Waals surface area contributed by atoms with Gasteiger partial charge in [-0.3, -0.25) is 4.99 Å². The van der Waals surface area contributed by atoms with Gasteiger partial charge in [0.25, 0.3) is 0 Å². The minimum atomic E-state index is -3.05. The van der Waals surface area contributed by atoms with E-state index in [0.717, 1.165) is 6.26 Å². The third-order valence-corrected chi connectivity index (χ3v) is 4.28. The molecule has 0 spiro atoms. The van der Waals surface area contributed by atoms with Gasteiger partial charge in [-0.2, -0.15) is 8.78 Å². The Morgan fingerprint density at radius 2 is 1.97 bits per heavy atom. The molecule has 0 heterocycles. The molecule has 0 aromatic heterocycles. The average molecular weight is 551 g/mol. The molecule has 168 valence electrons. The summed E-state index contributed by atoms with van der Waals surface area (Å²) < 4.78 is 62.7. The zero-order chi connectivity index (χ0) is 21.0. The van der Waals surface area contributed by atoms with Crippen LogP contribution in [0.4, 0.5) is 8.78 Å². The lowest BCUT2D eigenvalue weighted by Crippen LogP contribution is -2.38. The normalized spacial score (nSPS) is 11.7. The van der Waals surface area contributed by atoms with Crippen LogP contribution in [-0.4, -0.2) is 66.4 Å². The van der Waals surface area contributed by atoms with E-state index < -0.39 is 16.4 Å². The molecule has 0 unspecified atom stereocenters. The number of nitrogens with one attached hydrogen (secondary N) is 2. The molecule has 1 aromatic carbocycles. The fourth-order valence-corrected chi connectivity index (χ4v) is 2.57. The summed E-state index contributed by atoms with van der Waals surface area (Å²) in [5, 5.41) is 5.97. The molecule has 2 N–H and O–H groups in total. The van der Waals surface area contributed by atoms with Crippen LogP contribution < -0.4 is 20.1 Å². The molecule has 1 rings (SSSR count). The second kappa shape index (κ2) is 14.6. The first-order valence-corrected chi connectivity index (χ1v) is 10.7. The number of sulfone groups is 1. The highest BCUT2D eigenvalue weighted by Crippen LogP contribution is 2.32. The summed E-state index contributed by atoms with van der Waals surface area (Å²) >= 11 is 0. The van der Waals surface area contributed by atoms with E-state index in [9.17, 15) is 17.2 Å². The van der Waals surface area contributed by atoms with Crippen molar-refractivity contribution in [1.29, 1.82) is 0 Å². The van der Waals surface area contributed by atoms with Gasteiger partial charge < -0.3 is 24.8 Å². The van der Waals surface area contributed by atoms with Gasteiger partial charge >= 0.3 is 6.61 Å². The number of benzene rings is 1. The minimum absolute atomic E-state index is 0. The predicted molar refractivity (Wildman–Crippen MR) is 118 cm³/mol. The Balaban J connectivity index is 0.00000784. The van der Waals surface area contributed by atoms with E-state index in [1.54, 1.807) is 32.2 Å². The molecule has 0 fully saturated rings. The Morgan fingerprint density at radius 1 is 1.24 bits per heavy atom. The highest BCUT2D eigenvalue weighted by atomic mass is 127. The van der Waals surface area contributed by atoms with E-state index in [0.29, 0.717) is 24.7 Å². The maximum atomic E-state index is 12.7. The van der Waals surface area contributed by atoms with Crippen LogP contribution in [0.1, 0.15) is 12.5 Å². The Hall–Kier alpha value is -1.41. The summed E-state index contributed by atoms with van der Waals surface area (Å²) in [6, 6.07) is 4.90. The molecule has 0 atom stereocenters. The van der Waals surface area contributed by atoms with Crippen LogP contribution in [0.15, 0.2) is 23.2 Å². The van der Waals surface area contributed by atoms with Gasteiger partial charge in [0.1, 0.15) is 9.84 Å². The van der Waals surface area contributed by atoms with E-state index in [4.69, 9.17) is 9.47 Å². The highest BCUT2D eigenvalue weighted by Gasteiger charge is 2.16. The lowest BCUT2D eigenvalue weighted by Gasteiger charge is -2.17. The summed E-state index contributed by atoms with van der Waals surface area (Å²) in [6.07, 6.45) is 1.15. The second-order valence-corrected chi connectivity index (χ2v) is 7.91. The van der Waals surface area contributed by atoms with Crippen molar-refractivity contribution in [2.75, 3.05) is 45.4 Å². The van der Waals surface area contributed by atoms with Gasteiger partial charge in [-0.25, -0.2) is 8.42 Å². The SMILES string of the molecule is CCOc1cccc(CNC(=NC)NCCOCCS(C)(=O)=O)c1OC(F)F.I. The Morgan fingerprint density at radius 3 is 2.55 bits per heavy atom. The number of guanidine groups is 1. The van der Waals surface area contributed by atoms with Crippen molar-refractivity contribution in [1.82, 2.24) is 10.6 Å². The van der Waals surface area contributed by atoms with E-state index in [1.165, 1.54) is 0 Å². The number of halogens is 3. The number of ether oxygens (including phenoxy) is 3. The number of hydrogen-bond acceptors (Lipinski definition) is 6. The van der Waals surface area contributed by atoms with Gasteiger partial charge in [0.15, 0.2) is 17.5 Å². The molecular weight excluding hydrogens is 523 g/mol. The van der Waals surface area contributed by atoms with Crippen LogP contribution in [0, 0.1) is 0 Å². The average Bonchev–Trinajstić information content (AvgIpc) is 2.61. The van der Waals surface area contributed by atoms with Gasteiger partial charge in [-0.05, 0) is 13.0 Å². The van der Waals surface area contributed by atoms with Crippen molar-refractivity contribution in [2.24, 2.45) is 4.99 Å². The maximum absolute atomic E-state index is 12.7. The monoisotopic (exact) mass is 551 g/mol. The van der Waals surface area contributed by atoms with Crippen LogP contribution in [0.25, 0.3) is 0 Å². The van der Waals surface area contributed by atoms with Crippen molar-refractivity contribution in [3.05, 3.63) is 23.8 Å². The summed E-state index contributed by atoms with van der Waals surface area (Å²) in [5.74, 6) is 0.607. The van der Waals surface area contributed by atoms with Crippen LogP contribution >= 0.6 is 24.0 Å². The van der Waals surface area contributed by atoms with Gasteiger partial charge in [-0.15, -0.1) is 24.0 Å². The quantitative estimate of drug-likeness (QED) is 0.178. The lowest BCUT2D eigenvalue weighted by molar-refractivity contribution is -0.0520. The van der Waals surface area contributed by atoms with Crippen LogP contribution in [0.2, 0.25) is 0 Å². The van der Waals surface area contributed by atoms with Crippen LogP contribution in [0.5, 0.6) is 11.5 Å². The van der Waals surface area contributed by atoms with E-state index >= 15 is 0 Å². The lowest BCUT2D eigenvalue weighted by atomic mass is 10.2. The third kappa shape index (κ3) is 12.0. The number of aliphatic imine (C=N–C) groups is 1. The summed E-state index contributed by atoms with van der Waals surface area (Å²) in [7, 11) is -1.49. The Bertz CT molecular complexity index is 736. The molecule has 29 heavy (non-hydrogen) atoms. The zero-order valence-corrected chi connectivity index (χ0v) is 19.8. The van der Waals surface area contributed by atoms with E-state index in [1.807, 2.05) is 0 Å². The molecule has 0 amide bonds. The molecule has 0 radical (unpaired) electrons. The van der Waals surface area contributed by atoms with E-state index in [-0.39, 0.29) is 61.0 Å². The van der Waals surface area contributed by atoms with Gasteiger partial charge in [0, 0.05) is 32.0 Å². The summed E-state index contributed by atoms with van der Waals surface area (Å²) in [5.41, 5.74) is 0.485. The summed E-state index contributed by atoms with van der Waals surface area (Å²) in [4.78, 5) is 4.03. The molecule has 0 saturated carbocycles. The largest absolute Gasteiger partial charge is 0.490 e. The molecule has 1 aromatic rings. The number of nitrogens with zero attached hydrogens (tertiary/aromatic N) is 1. The molecule has 0 aliphatic rings. The van der Waals surface area contributed by atoms with Crippen molar-refractivity contribution < 1.29 is 31.4 Å². The Labute approximate surface area is 187 Å². The molecule has 0 bridgehead atoms. The van der Waals surface area contributed by atoms with Crippen molar-refractivity contribution >= 4 is 39.8 Å². The molecule has 0 aliphatic heterocycles. The van der Waals surface area contributed by atoms with Crippen molar-refractivity contribution in [2.45, 2.75) is 20.1 Å². The molecular formula is C17H28F2IN3O5S. The second-order valence-electron chi connectivity index (χ2n) is 5.65. The number of para-hydroxylation sites is 1. The molecule has 8 nitrogen and oxygen atoms in total. The first-order valence-electron chi connectivity index (χ1n) is 8.66. The Kier molecular flexibility index (Phi) is 13.8. The number of rotatable bonds is 12. The fraction of sp³-hybridized carbons (Fsp3) is 0.588. The summed E-state index contributed by atoms with van der Waals surface area (Å²) in [6.45, 7) is 0.0723. The smallest absolute Gasteiger partial charge is 0.387 e. The minimum Gasteiger partial charge on any atom is -0.490 e. The molecule has 12 heteroatoms. The molecule has 0 aliphatic carbocycles. The predicted octanol–water partition coefficient (Wildman–Crippen LogP) is 2.03. The number of hydrogen-bond donors (Lipinski definition) is 2. The standard InChI is InChI=1S/C17H27F2N3O5S.HI/c1-4-26-14-7-5-6-13(15(14)27-16(18)19)12-22-17(20-2)21-8-9-25-10-11-28(3,23)24;/h5-7,16H,4,8-12H2,1-3H3,(H2,20,21,22);1H. The first kappa shape index (κ1) is 27.6. The maximum Gasteiger partial charge on any atom is 0.387 e. The first-order chi connectivity index (χ1) is 13.3. The van der Waals surface area contributed by atoms with Crippen molar-refractivity contribution in [3.8, 4) is 11.5 Å². The van der Waals surface area contributed by atoms with Gasteiger partial charge in [-0.1, -0.05) is 12.1 Å². The number of alkyl halides is 2. The topological polar surface area (TPSA) is 98.2 Å². The highest BCUT2D eigenvalue weighted by molar-refractivity contribution is 14.0. The zero-order valence-electron chi connectivity index (χ0n) is 16.6. The fourth-order valence-electron chi connectivity index (χ4n) is 2.15. The van der Waals surface area contributed by atoms with Crippen LogP contribution in [0.3, 0.4) is 0 Å².